The molecule has 0 aromatic heterocycles. The van der Waals surface area contributed by atoms with Crippen molar-refractivity contribution in [1.29, 1.82) is 0 Å². The predicted molar refractivity (Wildman–Crippen MR) is 61.6 cm³/mol. The first-order valence-corrected chi connectivity index (χ1v) is 5.93. The molecule has 0 amide bonds. The largest absolute Gasteiger partial charge is 0.346 e. The van der Waals surface area contributed by atoms with E-state index in [-0.39, 0.29) is 0 Å². The number of nitrogens with one attached hydrogen (secondary N) is 2. The van der Waals surface area contributed by atoms with Crippen molar-refractivity contribution in [3.63, 3.8) is 0 Å². The number of hydrogen-bond donors (Lipinski definition) is 2. The highest BCUT2D eigenvalue weighted by Crippen LogP contribution is 2.19. The summed E-state index contributed by atoms with van der Waals surface area (Å²) in [5, 5.41) is 6.54. The number of nitrogens with zero attached hydrogens (tertiary/aromatic N) is 1. The molecule has 0 saturated carbocycles. The highest BCUT2D eigenvalue weighted by Gasteiger charge is 2.08. The van der Waals surface area contributed by atoms with E-state index < -0.39 is 0 Å². The molecule has 2 N–H and O–H groups in total. The molecule has 4 heteroatoms. The van der Waals surface area contributed by atoms with Crippen LogP contribution in [0.4, 0.5) is 5.69 Å². The van der Waals surface area contributed by atoms with Gasteiger partial charge in [0.25, 0.3) is 0 Å². The van der Waals surface area contributed by atoms with Gasteiger partial charge in [-0.05, 0) is 30.5 Å². The van der Waals surface area contributed by atoms with Gasteiger partial charge in [-0.2, -0.15) is 0 Å². The van der Waals surface area contributed by atoms with Crippen LogP contribution >= 0.6 is 11.8 Å². The van der Waals surface area contributed by atoms with E-state index in [1.807, 2.05) is 0 Å². The lowest BCUT2D eigenvalue weighted by molar-refractivity contribution is 0.494. The van der Waals surface area contributed by atoms with Crippen LogP contribution < -0.4 is 15.5 Å². The van der Waals surface area contributed by atoms with Gasteiger partial charge in [0.15, 0.2) is 0 Å². The lowest BCUT2D eigenvalue weighted by Gasteiger charge is -2.30. The average Bonchev–Trinajstić information content (AvgIpc) is 2.30. The zero-order valence-electron chi connectivity index (χ0n) is 8.29. The van der Waals surface area contributed by atoms with Crippen molar-refractivity contribution in [2.45, 2.75) is 4.90 Å². The minimum absolute atomic E-state index is 0.902. The number of hydrogen-bond acceptors (Lipinski definition) is 4. The van der Waals surface area contributed by atoms with Crippen LogP contribution in [0, 0.1) is 0 Å². The highest BCUT2D eigenvalue weighted by atomic mass is 32.2. The molecule has 1 heterocycles. The molecule has 14 heavy (non-hydrogen) atoms. The van der Waals surface area contributed by atoms with E-state index in [0.717, 1.165) is 20.0 Å². The Labute approximate surface area is 88.9 Å². The molecule has 1 saturated heterocycles. The van der Waals surface area contributed by atoms with Gasteiger partial charge in [0, 0.05) is 17.3 Å². The smallest absolute Gasteiger partial charge is 0.0704 e. The molecule has 1 aliphatic heterocycles. The van der Waals surface area contributed by atoms with Gasteiger partial charge in [-0.15, -0.1) is 11.8 Å². The van der Waals surface area contributed by atoms with Gasteiger partial charge in [-0.3, -0.25) is 10.6 Å². The Morgan fingerprint density at radius 3 is 2.36 bits per heavy atom. The maximum absolute atomic E-state index is 3.27. The minimum Gasteiger partial charge on any atom is -0.346 e. The SMILES string of the molecule is CSc1ccc(N2CNCNC2)cc1. The molecule has 1 aromatic rings. The third kappa shape index (κ3) is 2.20. The molecule has 0 bridgehead atoms. The number of rotatable bonds is 2. The fraction of sp³-hybridized carbons (Fsp3) is 0.400. The first-order valence-electron chi connectivity index (χ1n) is 4.70. The molecule has 1 aliphatic rings. The summed E-state index contributed by atoms with van der Waals surface area (Å²) in [6.45, 7) is 2.75. The van der Waals surface area contributed by atoms with Crippen molar-refractivity contribution in [2.75, 3.05) is 31.2 Å². The lowest BCUT2D eigenvalue weighted by Crippen LogP contribution is -2.50. The summed E-state index contributed by atoms with van der Waals surface area (Å²) in [6, 6.07) is 8.66. The van der Waals surface area contributed by atoms with E-state index in [4.69, 9.17) is 0 Å². The Morgan fingerprint density at radius 2 is 1.79 bits per heavy atom. The number of anilines is 1. The van der Waals surface area contributed by atoms with Crippen molar-refractivity contribution in [3.05, 3.63) is 24.3 Å². The highest BCUT2D eigenvalue weighted by molar-refractivity contribution is 7.98. The fourth-order valence-electron chi connectivity index (χ4n) is 1.50. The number of benzene rings is 1. The van der Waals surface area contributed by atoms with Crippen LogP contribution in [0.25, 0.3) is 0 Å². The van der Waals surface area contributed by atoms with E-state index in [2.05, 4.69) is 46.1 Å². The van der Waals surface area contributed by atoms with Gasteiger partial charge in [0.2, 0.25) is 0 Å². The monoisotopic (exact) mass is 209 g/mol. The summed E-state index contributed by atoms with van der Waals surface area (Å²) in [5.41, 5.74) is 1.27. The molecule has 0 aliphatic carbocycles. The maximum atomic E-state index is 3.27. The summed E-state index contributed by atoms with van der Waals surface area (Å²) in [7, 11) is 0. The molecular formula is C10H15N3S. The first-order chi connectivity index (χ1) is 6.90. The summed E-state index contributed by atoms with van der Waals surface area (Å²) in [4.78, 5) is 3.58. The van der Waals surface area contributed by atoms with Crippen LogP contribution in [0.15, 0.2) is 29.2 Å². The Bertz CT molecular complexity index is 280. The van der Waals surface area contributed by atoms with E-state index in [1.54, 1.807) is 11.8 Å². The van der Waals surface area contributed by atoms with E-state index in [0.29, 0.717) is 0 Å². The first kappa shape index (κ1) is 9.83. The van der Waals surface area contributed by atoms with Crippen molar-refractivity contribution < 1.29 is 0 Å². The molecular weight excluding hydrogens is 194 g/mol. The molecule has 0 radical (unpaired) electrons. The van der Waals surface area contributed by atoms with Gasteiger partial charge in [-0.1, -0.05) is 0 Å². The van der Waals surface area contributed by atoms with Gasteiger partial charge in [0.05, 0.1) is 13.3 Å². The molecule has 2 rings (SSSR count). The Morgan fingerprint density at radius 1 is 1.14 bits per heavy atom. The Kier molecular flexibility index (Phi) is 3.29. The topological polar surface area (TPSA) is 27.3 Å². The molecule has 1 fully saturated rings. The van der Waals surface area contributed by atoms with Crippen LogP contribution in [0.2, 0.25) is 0 Å². The van der Waals surface area contributed by atoms with Gasteiger partial charge in [-0.25, -0.2) is 0 Å². The zero-order valence-corrected chi connectivity index (χ0v) is 9.10. The molecule has 3 nitrogen and oxygen atoms in total. The molecule has 76 valence electrons. The van der Waals surface area contributed by atoms with Crippen LogP contribution in [0.3, 0.4) is 0 Å². The van der Waals surface area contributed by atoms with Crippen LogP contribution in [0.1, 0.15) is 0 Å². The predicted octanol–water partition coefficient (Wildman–Crippen LogP) is 1.28. The standard InChI is InChI=1S/C10H15N3S/c1-14-10-4-2-9(3-5-10)13-7-11-6-12-8-13/h2-5,11-12H,6-8H2,1H3. The van der Waals surface area contributed by atoms with Gasteiger partial charge >= 0.3 is 0 Å². The molecule has 1 aromatic carbocycles. The normalized spacial score (nSPS) is 17.1. The fourth-order valence-corrected chi connectivity index (χ4v) is 1.91. The van der Waals surface area contributed by atoms with Crippen molar-refractivity contribution in [1.82, 2.24) is 10.6 Å². The van der Waals surface area contributed by atoms with Crippen LogP contribution in [-0.4, -0.2) is 26.3 Å². The minimum atomic E-state index is 0.902. The lowest BCUT2D eigenvalue weighted by atomic mass is 10.3. The summed E-state index contributed by atoms with van der Waals surface area (Å²) in [5.74, 6) is 0. The van der Waals surface area contributed by atoms with Crippen LogP contribution in [0.5, 0.6) is 0 Å². The quantitative estimate of drug-likeness (QED) is 0.718. The number of thioether (sulfide) groups is 1. The summed E-state index contributed by atoms with van der Waals surface area (Å²) >= 11 is 1.77. The summed E-state index contributed by atoms with van der Waals surface area (Å²) < 4.78 is 0. The Balaban J connectivity index is 2.07. The van der Waals surface area contributed by atoms with Gasteiger partial charge < -0.3 is 4.90 Å². The second-order valence-electron chi connectivity index (χ2n) is 3.23. The van der Waals surface area contributed by atoms with E-state index >= 15 is 0 Å². The Hall–Kier alpha value is -0.710. The second kappa shape index (κ2) is 4.68. The average molecular weight is 209 g/mol. The third-order valence-corrected chi connectivity index (χ3v) is 3.04. The van der Waals surface area contributed by atoms with E-state index in [1.165, 1.54) is 10.6 Å². The van der Waals surface area contributed by atoms with Crippen molar-refractivity contribution in [2.24, 2.45) is 0 Å². The van der Waals surface area contributed by atoms with Gasteiger partial charge in [0.1, 0.15) is 0 Å². The van der Waals surface area contributed by atoms with Crippen molar-refractivity contribution in [3.8, 4) is 0 Å². The molecule has 0 spiro atoms. The third-order valence-electron chi connectivity index (χ3n) is 2.29. The molecule has 0 atom stereocenters. The zero-order chi connectivity index (χ0) is 9.80. The van der Waals surface area contributed by atoms with Crippen molar-refractivity contribution >= 4 is 17.4 Å². The maximum Gasteiger partial charge on any atom is 0.0704 e. The second-order valence-corrected chi connectivity index (χ2v) is 4.11. The van der Waals surface area contributed by atoms with Crippen LogP contribution in [-0.2, 0) is 0 Å². The summed E-state index contributed by atoms with van der Waals surface area (Å²) in [6.07, 6.45) is 2.10. The molecule has 0 unspecified atom stereocenters. The van der Waals surface area contributed by atoms with E-state index in [9.17, 15) is 0 Å².